The quantitative estimate of drug-likeness (QED) is 0.357. The third-order valence-electron chi connectivity index (χ3n) is 2.44. The zero-order valence-corrected chi connectivity index (χ0v) is 10.8. The van der Waals surface area contributed by atoms with Gasteiger partial charge in [0.15, 0.2) is 5.16 Å². The lowest BCUT2D eigenvalue weighted by Gasteiger charge is -2.22. The monoisotopic (exact) mass is 238 g/mol. The van der Waals surface area contributed by atoms with Crippen molar-refractivity contribution in [3.8, 4) is 0 Å². The van der Waals surface area contributed by atoms with E-state index in [-0.39, 0.29) is 11.3 Å². The highest BCUT2D eigenvalue weighted by Crippen LogP contribution is 2.24. The van der Waals surface area contributed by atoms with Crippen LogP contribution in [0.25, 0.3) is 0 Å². The molecule has 0 fully saturated rings. The van der Waals surface area contributed by atoms with Crippen LogP contribution < -0.4 is 5.73 Å². The number of hydrogen-bond donors (Lipinski definition) is 2. The summed E-state index contributed by atoms with van der Waals surface area (Å²) in [7, 11) is 0. The second-order valence-electron chi connectivity index (χ2n) is 4.44. The maximum absolute atomic E-state index is 7.45. The minimum absolute atomic E-state index is 0.234. The average Bonchev–Trinajstić information content (AvgIpc) is 2.20. The summed E-state index contributed by atoms with van der Waals surface area (Å²) < 4.78 is 0. The van der Waals surface area contributed by atoms with Gasteiger partial charge in [-0.2, -0.15) is 0 Å². The standard InChI is InChI=1S/C11H18N4S/c1-8-6-14-10(15-7-8)16-5-4-11(2,3)9(12)13/h6-7H,4-5H2,1-3H3,(H3,12,13). The third kappa shape index (κ3) is 3.81. The molecule has 0 bridgehead atoms. The van der Waals surface area contributed by atoms with Gasteiger partial charge in [-0.15, -0.1) is 0 Å². The number of amidine groups is 1. The van der Waals surface area contributed by atoms with E-state index < -0.39 is 0 Å². The fourth-order valence-electron chi connectivity index (χ4n) is 0.987. The van der Waals surface area contributed by atoms with Gasteiger partial charge in [0, 0.05) is 23.6 Å². The predicted molar refractivity (Wildman–Crippen MR) is 67.8 cm³/mol. The van der Waals surface area contributed by atoms with Gasteiger partial charge in [0.2, 0.25) is 0 Å². The van der Waals surface area contributed by atoms with Crippen molar-refractivity contribution in [3.05, 3.63) is 18.0 Å². The minimum atomic E-state index is -0.238. The first-order valence-electron chi connectivity index (χ1n) is 5.18. The van der Waals surface area contributed by atoms with Crippen molar-refractivity contribution in [2.45, 2.75) is 32.3 Å². The zero-order valence-electron chi connectivity index (χ0n) is 9.95. The van der Waals surface area contributed by atoms with Crippen LogP contribution in [0.5, 0.6) is 0 Å². The normalized spacial score (nSPS) is 11.4. The Bertz CT molecular complexity index is 359. The van der Waals surface area contributed by atoms with Crippen LogP contribution in [0.15, 0.2) is 17.6 Å². The highest BCUT2D eigenvalue weighted by atomic mass is 32.2. The molecule has 1 rings (SSSR count). The molecule has 0 radical (unpaired) electrons. The van der Waals surface area contributed by atoms with Crippen LogP contribution in [0.2, 0.25) is 0 Å². The molecule has 0 saturated carbocycles. The molecule has 3 N–H and O–H groups in total. The van der Waals surface area contributed by atoms with Crippen molar-refractivity contribution < 1.29 is 0 Å². The highest BCUT2D eigenvalue weighted by molar-refractivity contribution is 7.99. The van der Waals surface area contributed by atoms with E-state index >= 15 is 0 Å². The zero-order chi connectivity index (χ0) is 12.2. The first-order valence-corrected chi connectivity index (χ1v) is 6.16. The van der Waals surface area contributed by atoms with Crippen LogP contribution in [0, 0.1) is 17.7 Å². The van der Waals surface area contributed by atoms with Gasteiger partial charge in [-0.3, -0.25) is 5.41 Å². The Balaban J connectivity index is 2.41. The summed E-state index contributed by atoms with van der Waals surface area (Å²) in [6.45, 7) is 5.92. The second-order valence-corrected chi connectivity index (χ2v) is 5.50. The number of hydrogen-bond acceptors (Lipinski definition) is 4. The number of nitrogens with two attached hydrogens (primary N) is 1. The predicted octanol–water partition coefficient (Wildman–Crippen LogP) is 2.23. The van der Waals surface area contributed by atoms with Crippen molar-refractivity contribution in [2.75, 3.05) is 5.75 Å². The van der Waals surface area contributed by atoms with Crippen LogP contribution in [-0.4, -0.2) is 21.6 Å². The van der Waals surface area contributed by atoms with E-state index in [9.17, 15) is 0 Å². The lowest BCUT2D eigenvalue weighted by Crippen LogP contribution is -2.31. The molecule has 0 unspecified atom stereocenters. The molecule has 16 heavy (non-hydrogen) atoms. The van der Waals surface area contributed by atoms with E-state index in [1.54, 1.807) is 11.8 Å². The molecule has 1 aromatic heterocycles. The number of aryl methyl sites for hydroxylation is 1. The summed E-state index contributed by atoms with van der Waals surface area (Å²) in [5.74, 6) is 1.10. The molecule has 0 aliphatic carbocycles. The summed E-state index contributed by atoms with van der Waals surface area (Å²) in [6.07, 6.45) is 4.47. The average molecular weight is 238 g/mol. The van der Waals surface area contributed by atoms with Gasteiger partial charge >= 0.3 is 0 Å². The number of nitrogens with zero attached hydrogens (tertiary/aromatic N) is 2. The topological polar surface area (TPSA) is 75.7 Å². The molecule has 5 heteroatoms. The Morgan fingerprint density at radius 1 is 1.44 bits per heavy atom. The van der Waals surface area contributed by atoms with E-state index in [0.29, 0.717) is 0 Å². The molecule has 0 aliphatic rings. The number of rotatable bonds is 5. The fraction of sp³-hybridized carbons (Fsp3) is 0.545. The third-order valence-corrected chi connectivity index (χ3v) is 3.32. The fourth-order valence-corrected chi connectivity index (χ4v) is 2.04. The van der Waals surface area contributed by atoms with Gasteiger partial charge < -0.3 is 5.73 Å². The van der Waals surface area contributed by atoms with Crippen molar-refractivity contribution in [1.82, 2.24) is 9.97 Å². The smallest absolute Gasteiger partial charge is 0.187 e. The first-order chi connectivity index (χ1) is 7.42. The second kappa shape index (κ2) is 5.30. The molecule has 1 heterocycles. The molecular formula is C11H18N4S. The number of thioether (sulfide) groups is 1. The minimum Gasteiger partial charge on any atom is -0.387 e. The SMILES string of the molecule is Cc1cnc(SCCC(C)(C)C(=N)N)nc1. The van der Waals surface area contributed by atoms with Crippen molar-refractivity contribution >= 4 is 17.6 Å². The van der Waals surface area contributed by atoms with Gasteiger partial charge in [-0.1, -0.05) is 25.6 Å². The number of nitrogens with one attached hydrogen (secondary N) is 1. The van der Waals surface area contributed by atoms with Crippen molar-refractivity contribution in [2.24, 2.45) is 11.1 Å². The molecule has 0 aromatic carbocycles. The van der Waals surface area contributed by atoms with E-state index in [1.165, 1.54) is 0 Å². The van der Waals surface area contributed by atoms with E-state index in [2.05, 4.69) is 9.97 Å². The molecule has 4 nitrogen and oxygen atoms in total. The Morgan fingerprint density at radius 3 is 2.50 bits per heavy atom. The van der Waals surface area contributed by atoms with Gasteiger partial charge in [-0.25, -0.2) is 9.97 Å². The van der Waals surface area contributed by atoms with Gasteiger partial charge in [0.25, 0.3) is 0 Å². The molecule has 0 amide bonds. The summed E-state index contributed by atoms with van der Waals surface area (Å²) in [5, 5.41) is 8.23. The van der Waals surface area contributed by atoms with Crippen LogP contribution in [0.3, 0.4) is 0 Å². The van der Waals surface area contributed by atoms with Crippen LogP contribution >= 0.6 is 11.8 Å². The van der Waals surface area contributed by atoms with Gasteiger partial charge in [0.05, 0.1) is 5.84 Å². The maximum atomic E-state index is 7.45. The van der Waals surface area contributed by atoms with Crippen LogP contribution in [0.1, 0.15) is 25.8 Å². The van der Waals surface area contributed by atoms with Crippen molar-refractivity contribution in [1.29, 1.82) is 5.41 Å². The molecule has 0 saturated heterocycles. The molecule has 1 aromatic rings. The first kappa shape index (κ1) is 13.0. The molecule has 0 aliphatic heterocycles. The molecule has 88 valence electrons. The van der Waals surface area contributed by atoms with E-state index in [1.807, 2.05) is 33.2 Å². The van der Waals surface area contributed by atoms with Gasteiger partial charge in [0.1, 0.15) is 0 Å². The van der Waals surface area contributed by atoms with E-state index in [0.717, 1.165) is 22.9 Å². The molecule has 0 atom stereocenters. The molecule has 0 spiro atoms. The van der Waals surface area contributed by atoms with Crippen LogP contribution in [-0.2, 0) is 0 Å². The summed E-state index contributed by atoms with van der Waals surface area (Å²) in [4.78, 5) is 8.42. The summed E-state index contributed by atoms with van der Waals surface area (Å²) >= 11 is 1.60. The molecular weight excluding hydrogens is 220 g/mol. The lowest BCUT2D eigenvalue weighted by molar-refractivity contribution is 0.500. The summed E-state index contributed by atoms with van der Waals surface area (Å²) in [5.41, 5.74) is 6.34. The van der Waals surface area contributed by atoms with Crippen molar-refractivity contribution in [3.63, 3.8) is 0 Å². The van der Waals surface area contributed by atoms with Gasteiger partial charge in [-0.05, 0) is 18.9 Å². The van der Waals surface area contributed by atoms with E-state index in [4.69, 9.17) is 11.1 Å². The lowest BCUT2D eigenvalue weighted by atomic mass is 9.89. The Kier molecular flexibility index (Phi) is 4.29. The van der Waals surface area contributed by atoms with Crippen LogP contribution in [0.4, 0.5) is 0 Å². The highest BCUT2D eigenvalue weighted by Gasteiger charge is 2.21. The largest absolute Gasteiger partial charge is 0.387 e. The Labute approximate surface area is 101 Å². The Morgan fingerprint density at radius 2 is 2.00 bits per heavy atom. The maximum Gasteiger partial charge on any atom is 0.187 e. The summed E-state index contributed by atoms with van der Waals surface area (Å²) in [6, 6.07) is 0. The Hall–Kier alpha value is -1.10. The number of aromatic nitrogens is 2.